The van der Waals surface area contributed by atoms with Crippen molar-refractivity contribution in [3.63, 3.8) is 0 Å². The second-order valence-electron chi connectivity index (χ2n) is 6.49. The van der Waals surface area contributed by atoms with Gasteiger partial charge in [0.2, 0.25) is 0 Å². The lowest BCUT2D eigenvalue weighted by Gasteiger charge is -2.34. The lowest BCUT2D eigenvalue weighted by atomic mass is 9.91. The molecule has 0 bridgehead atoms. The number of fused-ring (bicyclic) bond motifs is 1. The third-order valence-corrected chi connectivity index (χ3v) is 6.18. The minimum atomic E-state index is -0.633. The zero-order valence-corrected chi connectivity index (χ0v) is 16.0. The SMILES string of the molecule is COC1(C(=O)NCCCc2nc3c(s2)CCCC3)CCNCC1.Cl. The molecule has 0 spiro atoms. The third-order valence-electron chi connectivity index (χ3n) is 4.96. The van der Waals surface area contributed by atoms with Crippen molar-refractivity contribution in [3.8, 4) is 0 Å². The topological polar surface area (TPSA) is 63.2 Å². The normalized spacial score (nSPS) is 19.2. The van der Waals surface area contributed by atoms with Crippen LogP contribution in [0, 0.1) is 0 Å². The predicted octanol–water partition coefficient (Wildman–Crippen LogP) is 2.26. The number of hydrogen-bond acceptors (Lipinski definition) is 5. The van der Waals surface area contributed by atoms with Crippen LogP contribution in [0.2, 0.25) is 0 Å². The molecule has 5 nitrogen and oxygen atoms in total. The van der Waals surface area contributed by atoms with Crippen molar-refractivity contribution >= 4 is 29.7 Å². The zero-order chi connectivity index (χ0) is 16.1. The molecule has 1 fully saturated rings. The Morgan fingerprint density at radius 2 is 2.08 bits per heavy atom. The monoisotopic (exact) mass is 373 g/mol. The average molecular weight is 374 g/mol. The van der Waals surface area contributed by atoms with Gasteiger partial charge in [0.05, 0.1) is 10.7 Å². The van der Waals surface area contributed by atoms with E-state index in [2.05, 4.69) is 10.6 Å². The molecule has 0 aromatic carbocycles. The highest BCUT2D eigenvalue weighted by Crippen LogP contribution is 2.27. The fourth-order valence-corrected chi connectivity index (χ4v) is 4.67. The van der Waals surface area contributed by atoms with Crippen molar-refractivity contribution in [2.24, 2.45) is 0 Å². The summed E-state index contributed by atoms with van der Waals surface area (Å²) >= 11 is 1.87. The first-order chi connectivity index (χ1) is 11.2. The summed E-state index contributed by atoms with van der Waals surface area (Å²) in [6.45, 7) is 2.37. The number of ether oxygens (including phenoxy) is 1. The van der Waals surface area contributed by atoms with Crippen LogP contribution in [-0.4, -0.2) is 43.2 Å². The molecule has 0 unspecified atom stereocenters. The average Bonchev–Trinajstić information content (AvgIpc) is 3.02. The van der Waals surface area contributed by atoms with Gasteiger partial charge in [0, 0.05) is 25.0 Å². The molecular weight excluding hydrogens is 346 g/mol. The minimum absolute atomic E-state index is 0. The van der Waals surface area contributed by atoms with E-state index in [1.165, 1.54) is 34.8 Å². The number of carbonyl (C=O) groups is 1. The van der Waals surface area contributed by atoms with Crippen LogP contribution in [0.3, 0.4) is 0 Å². The van der Waals surface area contributed by atoms with Crippen molar-refractivity contribution in [3.05, 3.63) is 15.6 Å². The molecule has 24 heavy (non-hydrogen) atoms. The molecule has 0 radical (unpaired) electrons. The molecule has 1 amide bonds. The second kappa shape index (κ2) is 9.13. The van der Waals surface area contributed by atoms with Crippen molar-refractivity contribution in [1.82, 2.24) is 15.6 Å². The Labute approximate surface area is 154 Å². The van der Waals surface area contributed by atoms with Crippen LogP contribution >= 0.6 is 23.7 Å². The number of hydrogen-bond donors (Lipinski definition) is 2. The van der Waals surface area contributed by atoms with Crippen LogP contribution in [0.5, 0.6) is 0 Å². The van der Waals surface area contributed by atoms with Gasteiger partial charge >= 0.3 is 0 Å². The summed E-state index contributed by atoms with van der Waals surface area (Å²) in [6, 6.07) is 0. The van der Waals surface area contributed by atoms with Gasteiger partial charge in [-0.1, -0.05) is 0 Å². The predicted molar refractivity (Wildman–Crippen MR) is 99.2 cm³/mol. The Bertz CT molecular complexity index is 520. The number of halogens is 1. The van der Waals surface area contributed by atoms with Gasteiger partial charge in [-0.25, -0.2) is 4.98 Å². The molecule has 2 N–H and O–H groups in total. The van der Waals surface area contributed by atoms with Crippen molar-refractivity contribution in [1.29, 1.82) is 0 Å². The van der Waals surface area contributed by atoms with Gasteiger partial charge < -0.3 is 15.4 Å². The minimum Gasteiger partial charge on any atom is -0.368 e. The van der Waals surface area contributed by atoms with E-state index in [1.54, 1.807) is 7.11 Å². The number of amides is 1. The van der Waals surface area contributed by atoms with Crippen LogP contribution in [-0.2, 0) is 28.8 Å². The summed E-state index contributed by atoms with van der Waals surface area (Å²) in [7, 11) is 1.64. The van der Waals surface area contributed by atoms with Crippen molar-refractivity contribution in [2.75, 3.05) is 26.7 Å². The third kappa shape index (κ3) is 4.48. The van der Waals surface area contributed by atoms with Crippen LogP contribution in [0.4, 0.5) is 0 Å². The Hall–Kier alpha value is -0.690. The zero-order valence-electron chi connectivity index (χ0n) is 14.4. The summed E-state index contributed by atoms with van der Waals surface area (Å²) < 4.78 is 5.55. The first-order valence-corrected chi connectivity index (χ1v) is 9.57. The summed E-state index contributed by atoms with van der Waals surface area (Å²) in [6.07, 6.45) is 8.32. The fourth-order valence-electron chi connectivity index (χ4n) is 3.47. The van der Waals surface area contributed by atoms with E-state index >= 15 is 0 Å². The quantitative estimate of drug-likeness (QED) is 0.751. The molecule has 1 aromatic rings. The number of rotatable bonds is 6. The maximum Gasteiger partial charge on any atom is 0.252 e. The van der Waals surface area contributed by atoms with E-state index < -0.39 is 5.60 Å². The number of nitrogens with one attached hydrogen (secondary N) is 2. The molecule has 2 heterocycles. The van der Waals surface area contributed by atoms with Gasteiger partial charge in [-0.05, 0) is 58.0 Å². The Morgan fingerprint density at radius 1 is 1.33 bits per heavy atom. The van der Waals surface area contributed by atoms with E-state index in [0.29, 0.717) is 6.54 Å². The first kappa shape index (κ1) is 19.6. The van der Waals surface area contributed by atoms with Gasteiger partial charge in [0.15, 0.2) is 0 Å². The van der Waals surface area contributed by atoms with Gasteiger partial charge in [-0.2, -0.15) is 0 Å². The van der Waals surface area contributed by atoms with Crippen molar-refractivity contribution < 1.29 is 9.53 Å². The van der Waals surface area contributed by atoms with E-state index in [9.17, 15) is 4.79 Å². The van der Waals surface area contributed by atoms with Crippen LogP contribution < -0.4 is 10.6 Å². The molecule has 136 valence electrons. The highest BCUT2D eigenvalue weighted by Gasteiger charge is 2.39. The van der Waals surface area contributed by atoms with Crippen LogP contribution in [0.1, 0.15) is 47.7 Å². The Kier molecular flexibility index (Phi) is 7.47. The summed E-state index contributed by atoms with van der Waals surface area (Å²) in [4.78, 5) is 18.7. The van der Waals surface area contributed by atoms with Crippen LogP contribution in [0.15, 0.2) is 0 Å². The molecule has 1 aliphatic carbocycles. The maximum absolute atomic E-state index is 12.4. The first-order valence-electron chi connectivity index (χ1n) is 8.75. The molecule has 7 heteroatoms. The number of thiazole rings is 1. The van der Waals surface area contributed by atoms with Gasteiger partial charge in [0.25, 0.3) is 5.91 Å². The number of aromatic nitrogens is 1. The number of methoxy groups -OCH3 is 1. The molecule has 0 saturated carbocycles. The molecule has 1 saturated heterocycles. The number of piperidine rings is 1. The Balaban J connectivity index is 0.00000208. The highest BCUT2D eigenvalue weighted by atomic mass is 35.5. The standard InChI is InChI=1S/C17H27N3O2S.ClH/c1-22-17(8-11-18-12-9-17)16(21)19-10-4-7-15-20-13-5-2-3-6-14(13)23-15;/h18H,2-12H2,1H3,(H,19,21);1H. The molecule has 3 rings (SSSR count). The van der Waals surface area contributed by atoms with Gasteiger partial charge in [-0.3, -0.25) is 4.79 Å². The molecular formula is C17H28ClN3O2S. The second-order valence-corrected chi connectivity index (χ2v) is 7.66. The lowest BCUT2D eigenvalue weighted by Crippen LogP contribution is -2.54. The number of nitrogens with zero attached hydrogens (tertiary/aromatic N) is 1. The van der Waals surface area contributed by atoms with Crippen molar-refractivity contribution in [2.45, 2.75) is 57.0 Å². The summed E-state index contributed by atoms with van der Waals surface area (Å²) in [5.74, 6) is 0.0416. The van der Waals surface area contributed by atoms with Gasteiger partial charge in [0.1, 0.15) is 5.60 Å². The molecule has 1 aromatic heterocycles. The summed E-state index contributed by atoms with van der Waals surface area (Å²) in [5.41, 5.74) is 0.694. The molecule has 0 atom stereocenters. The van der Waals surface area contributed by atoms with E-state index in [0.717, 1.165) is 45.2 Å². The highest BCUT2D eigenvalue weighted by molar-refractivity contribution is 7.11. The Morgan fingerprint density at radius 3 is 2.79 bits per heavy atom. The summed E-state index contributed by atoms with van der Waals surface area (Å²) in [5, 5.41) is 7.57. The number of aryl methyl sites for hydroxylation is 3. The van der Waals surface area contributed by atoms with Gasteiger partial charge in [-0.15, -0.1) is 23.7 Å². The maximum atomic E-state index is 12.4. The van der Waals surface area contributed by atoms with E-state index in [-0.39, 0.29) is 18.3 Å². The molecule has 2 aliphatic rings. The largest absolute Gasteiger partial charge is 0.368 e. The smallest absolute Gasteiger partial charge is 0.252 e. The molecule has 1 aliphatic heterocycles. The van der Waals surface area contributed by atoms with E-state index in [4.69, 9.17) is 9.72 Å². The van der Waals surface area contributed by atoms with E-state index in [1.807, 2.05) is 11.3 Å². The number of carbonyl (C=O) groups excluding carboxylic acids is 1. The fraction of sp³-hybridized carbons (Fsp3) is 0.765. The lowest BCUT2D eigenvalue weighted by molar-refractivity contribution is -0.146. The van der Waals surface area contributed by atoms with Crippen LogP contribution in [0.25, 0.3) is 0 Å².